The molecule has 1 amide bonds. The maximum absolute atomic E-state index is 12.7. The van der Waals surface area contributed by atoms with E-state index >= 15 is 0 Å². The number of carbonyl (C=O) groups is 1. The Balaban J connectivity index is 0.00000261. The number of rotatable bonds is 7. The van der Waals surface area contributed by atoms with Gasteiger partial charge in [0.05, 0.1) is 0 Å². The number of carbonyl (C=O) groups excluding carboxylic acids is 1. The molecule has 0 bridgehead atoms. The molecule has 5 heteroatoms. The van der Waals surface area contributed by atoms with Crippen LogP contribution in [0.2, 0.25) is 0 Å². The van der Waals surface area contributed by atoms with Crippen molar-refractivity contribution in [2.45, 2.75) is 30.4 Å². The van der Waals surface area contributed by atoms with E-state index in [4.69, 9.17) is 0 Å². The number of thioether (sulfide) groups is 1. The second-order valence-electron chi connectivity index (χ2n) is 6.84. The zero-order valence-electron chi connectivity index (χ0n) is 15.9. The number of amides is 1. The first-order valence-electron chi connectivity index (χ1n) is 9.53. The van der Waals surface area contributed by atoms with Crippen LogP contribution in [0.4, 0.5) is 0 Å². The number of hydrogen-bond donors (Lipinski definition) is 1. The van der Waals surface area contributed by atoms with Gasteiger partial charge in [-0.05, 0) is 61.7 Å². The highest BCUT2D eigenvalue weighted by Crippen LogP contribution is 2.24. The smallest absolute Gasteiger partial charge is 0.253 e. The summed E-state index contributed by atoms with van der Waals surface area (Å²) < 4.78 is 0. The third-order valence-electron chi connectivity index (χ3n) is 4.93. The normalized spacial score (nSPS) is 14.6. The summed E-state index contributed by atoms with van der Waals surface area (Å²) in [6.07, 6.45) is 2.20. The lowest BCUT2D eigenvalue weighted by Gasteiger charge is -2.32. The van der Waals surface area contributed by atoms with E-state index in [9.17, 15) is 4.79 Å². The van der Waals surface area contributed by atoms with Gasteiger partial charge in [0, 0.05) is 29.3 Å². The summed E-state index contributed by atoms with van der Waals surface area (Å²) >= 11 is 1.81. The van der Waals surface area contributed by atoms with Gasteiger partial charge in [-0.2, -0.15) is 0 Å². The lowest BCUT2D eigenvalue weighted by atomic mass is 9.96. The first-order chi connectivity index (χ1) is 12.8. The summed E-state index contributed by atoms with van der Waals surface area (Å²) in [4.78, 5) is 15.9. The quantitative estimate of drug-likeness (QED) is 0.668. The highest BCUT2D eigenvalue weighted by molar-refractivity contribution is 7.98. The predicted molar refractivity (Wildman–Crippen MR) is 117 cm³/mol. The Kier molecular flexibility index (Phi) is 9.19. The fourth-order valence-electron chi connectivity index (χ4n) is 3.31. The summed E-state index contributed by atoms with van der Waals surface area (Å²) in [5.74, 6) is 1.83. The Bertz CT molecular complexity index is 685. The molecule has 0 radical (unpaired) electrons. The van der Waals surface area contributed by atoms with Crippen LogP contribution in [-0.2, 0) is 5.75 Å². The molecule has 0 saturated carbocycles. The van der Waals surface area contributed by atoms with Gasteiger partial charge in [0.2, 0.25) is 0 Å². The van der Waals surface area contributed by atoms with Crippen LogP contribution in [-0.4, -0.2) is 37.0 Å². The molecule has 3 rings (SSSR count). The topological polar surface area (TPSA) is 32.3 Å². The van der Waals surface area contributed by atoms with E-state index in [-0.39, 0.29) is 18.3 Å². The van der Waals surface area contributed by atoms with E-state index in [0.29, 0.717) is 5.92 Å². The molecule has 3 nitrogen and oxygen atoms in total. The molecular formula is C22H29ClN2OS. The average Bonchev–Trinajstić information content (AvgIpc) is 2.72. The van der Waals surface area contributed by atoms with Crippen LogP contribution >= 0.6 is 24.2 Å². The molecule has 0 spiro atoms. The van der Waals surface area contributed by atoms with Crippen LogP contribution in [0.15, 0.2) is 59.5 Å². The molecule has 1 heterocycles. The lowest BCUT2D eigenvalue weighted by Crippen LogP contribution is -2.40. The molecule has 0 atom stereocenters. The van der Waals surface area contributed by atoms with Crippen molar-refractivity contribution in [2.75, 3.05) is 26.2 Å². The molecule has 27 heavy (non-hydrogen) atoms. The Labute approximate surface area is 173 Å². The molecule has 0 unspecified atom stereocenters. The summed E-state index contributed by atoms with van der Waals surface area (Å²) in [5.41, 5.74) is 2.12. The molecule has 0 aliphatic carbocycles. The Morgan fingerprint density at radius 1 is 1.07 bits per heavy atom. The largest absolute Gasteiger partial charge is 0.339 e. The number of benzene rings is 2. The van der Waals surface area contributed by atoms with E-state index in [0.717, 1.165) is 50.3 Å². The fourth-order valence-corrected chi connectivity index (χ4v) is 4.16. The monoisotopic (exact) mass is 404 g/mol. The number of likely N-dealkylation sites (tertiary alicyclic amines) is 1. The number of nitrogens with zero attached hydrogens (tertiary/aromatic N) is 1. The third-order valence-corrected chi connectivity index (χ3v) is 6.02. The van der Waals surface area contributed by atoms with Crippen LogP contribution < -0.4 is 5.32 Å². The maximum atomic E-state index is 12.7. The fraction of sp³-hybridized carbons (Fsp3) is 0.409. The van der Waals surface area contributed by atoms with Gasteiger partial charge in [0.25, 0.3) is 5.91 Å². The van der Waals surface area contributed by atoms with Gasteiger partial charge < -0.3 is 10.2 Å². The number of piperidine rings is 1. The Hall–Kier alpha value is -1.49. The molecule has 1 saturated heterocycles. The SMILES string of the molecule is CCNCC1CCN(C(=O)c2ccc(SCc3ccccc3)cc2)CC1.Cl. The minimum Gasteiger partial charge on any atom is -0.339 e. The molecular weight excluding hydrogens is 376 g/mol. The molecule has 1 aliphatic heterocycles. The molecule has 1 N–H and O–H groups in total. The third kappa shape index (κ3) is 6.56. The van der Waals surface area contributed by atoms with E-state index in [1.54, 1.807) is 11.8 Å². The zero-order chi connectivity index (χ0) is 18.2. The highest BCUT2D eigenvalue weighted by Gasteiger charge is 2.23. The van der Waals surface area contributed by atoms with E-state index < -0.39 is 0 Å². The standard InChI is InChI=1S/C22H28N2OS.ClH/c1-2-23-16-18-12-14-24(15-13-18)22(25)20-8-10-21(11-9-20)26-17-19-6-4-3-5-7-19;/h3-11,18,23H,2,12-17H2,1H3;1H. The number of hydrogen-bond acceptors (Lipinski definition) is 3. The van der Waals surface area contributed by atoms with Crippen molar-refractivity contribution in [2.24, 2.45) is 5.92 Å². The van der Waals surface area contributed by atoms with Gasteiger partial charge in [-0.3, -0.25) is 4.79 Å². The molecule has 1 aliphatic rings. The minimum atomic E-state index is 0. The average molecular weight is 405 g/mol. The first kappa shape index (κ1) is 21.8. The summed E-state index contributed by atoms with van der Waals surface area (Å²) in [6, 6.07) is 18.5. The second kappa shape index (κ2) is 11.4. The first-order valence-corrected chi connectivity index (χ1v) is 10.5. The van der Waals surface area contributed by atoms with E-state index in [1.165, 1.54) is 10.5 Å². The molecule has 2 aromatic rings. The van der Waals surface area contributed by atoms with Gasteiger partial charge in [-0.25, -0.2) is 0 Å². The van der Waals surface area contributed by atoms with Crippen molar-refractivity contribution in [3.8, 4) is 0 Å². The van der Waals surface area contributed by atoms with Gasteiger partial charge in [-0.1, -0.05) is 37.3 Å². The molecule has 2 aromatic carbocycles. The number of nitrogens with one attached hydrogen (secondary N) is 1. The van der Waals surface area contributed by atoms with Crippen LogP contribution in [0.5, 0.6) is 0 Å². The summed E-state index contributed by atoms with van der Waals surface area (Å²) in [6.45, 7) is 5.99. The summed E-state index contributed by atoms with van der Waals surface area (Å²) in [5, 5.41) is 3.42. The van der Waals surface area contributed by atoms with Gasteiger partial charge in [-0.15, -0.1) is 24.2 Å². The maximum Gasteiger partial charge on any atom is 0.253 e. The van der Waals surface area contributed by atoms with Crippen molar-refractivity contribution in [1.82, 2.24) is 10.2 Å². The van der Waals surface area contributed by atoms with Crippen molar-refractivity contribution >= 4 is 30.1 Å². The van der Waals surface area contributed by atoms with Crippen molar-refractivity contribution in [3.63, 3.8) is 0 Å². The van der Waals surface area contributed by atoms with Crippen LogP contribution in [0, 0.1) is 5.92 Å². The van der Waals surface area contributed by atoms with E-state index in [2.05, 4.69) is 48.6 Å². The minimum absolute atomic E-state index is 0. The second-order valence-corrected chi connectivity index (χ2v) is 7.89. The molecule has 0 aromatic heterocycles. The van der Waals surface area contributed by atoms with Gasteiger partial charge in [0.1, 0.15) is 0 Å². The van der Waals surface area contributed by atoms with Crippen LogP contribution in [0.1, 0.15) is 35.7 Å². The van der Waals surface area contributed by atoms with E-state index in [1.807, 2.05) is 23.1 Å². The lowest BCUT2D eigenvalue weighted by molar-refractivity contribution is 0.0690. The zero-order valence-corrected chi connectivity index (χ0v) is 17.5. The van der Waals surface area contributed by atoms with Crippen LogP contribution in [0.3, 0.4) is 0 Å². The Morgan fingerprint density at radius 2 is 1.74 bits per heavy atom. The molecule has 1 fully saturated rings. The van der Waals surface area contributed by atoms with Gasteiger partial charge in [0.15, 0.2) is 0 Å². The van der Waals surface area contributed by atoms with Crippen molar-refractivity contribution in [1.29, 1.82) is 0 Å². The highest BCUT2D eigenvalue weighted by atomic mass is 35.5. The van der Waals surface area contributed by atoms with Gasteiger partial charge >= 0.3 is 0 Å². The number of halogens is 1. The summed E-state index contributed by atoms with van der Waals surface area (Å²) in [7, 11) is 0. The van der Waals surface area contributed by atoms with Crippen LogP contribution in [0.25, 0.3) is 0 Å². The predicted octanol–water partition coefficient (Wildman–Crippen LogP) is 4.86. The Morgan fingerprint density at radius 3 is 2.37 bits per heavy atom. The van der Waals surface area contributed by atoms with Crippen molar-refractivity contribution < 1.29 is 4.79 Å². The molecule has 146 valence electrons. The van der Waals surface area contributed by atoms with Crippen molar-refractivity contribution in [3.05, 3.63) is 65.7 Å².